The van der Waals surface area contributed by atoms with Gasteiger partial charge >= 0.3 is 0 Å². The number of Topliss-reactive ketones (excluding diaryl/α,β-unsaturated/α-hetero) is 1. The Morgan fingerprint density at radius 3 is 2.38 bits per heavy atom. The van der Waals surface area contributed by atoms with Gasteiger partial charge in [-0.15, -0.1) is 0 Å². The lowest BCUT2D eigenvalue weighted by Gasteiger charge is -2.25. The van der Waals surface area contributed by atoms with Crippen LogP contribution in [0.2, 0.25) is 10.0 Å². The second-order valence-corrected chi connectivity index (χ2v) is 8.55. The zero-order valence-corrected chi connectivity index (χ0v) is 20.3. The number of amides is 1. The summed E-state index contributed by atoms with van der Waals surface area (Å²) < 4.78 is 16.2. The molecule has 1 aromatic heterocycles. The van der Waals surface area contributed by atoms with E-state index in [1.165, 1.54) is 31.4 Å². The number of carbonyl (C=O) groups excluding carboxylic acids is 2. The number of aliphatic hydroxyl groups excluding tert-OH is 1. The Labute approximate surface area is 206 Å². The molecule has 1 unspecified atom stereocenters. The van der Waals surface area contributed by atoms with Crippen molar-refractivity contribution in [1.29, 1.82) is 0 Å². The summed E-state index contributed by atoms with van der Waals surface area (Å²) in [5.41, 5.74) is 2.05. The number of ketones is 1. The number of ether oxygens (including phenoxy) is 2. The predicted molar refractivity (Wildman–Crippen MR) is 129 cm³/mol. The summed E-state index contributed by atoms with van der Waals surface area (Å²) in [5, 5.41) is 11.5. The highest BCUT2D eigenvalue weighted by Crippen LogP contribution is 2.48. The summed E-state index contributed by atoms with van der Waals surface area (Å²) in [6, 6.07) is 9.18. The van der Waals surface area contributed by atoms with Crippen molar-refractivity contribution in [3.05, 3.63) is 80.7 Å². The average molecular weight is 502 g/mol. The standard InChI is InChI=1S/C25H21Cl2NO6/c1-12-7-8-13(2)16(10-12)28-20(17-6-5-9-34-17)18(22(30)25(28)31)21(29)14-11-15(26)24(33-4)19(27)23(14)32-3/h5-11,20,29H,1-4H3/b21-18-. The number of rotatable bonds is 5. The first kappa shape index (κ1) is 23.7. The Balaban J connectivity index is 2.02. The van der Waals surface area contributed by atoms with Crippen LogP contribution >= 0.6 is 23.2 Å². The molecule has 1 aliphatic heterocycles. The van der Waals surface area contributed by atoms with Crippen LogP contribution in [-0.2, 0) is 9.59 Å². The summed E-state index contributed by atoms with van der Waals surface area (Å²) in [5.74, 6) is -1.71. The van der Waals surface area contributed by atoms with Crippen LogP contribution in [-0.4, -0.2) is 31.0 Å². The second-order valence-electron chi connectivity index (χ2n) is 7.76. The number of carbonyl (C=O) groups is 2. The third-order valence-electron chi connectivity index (χ3n) is 5.68. The fraction of sp³-hybridized carbons (Fsp3) is 0.200. The van der Waals surface area contributed by atoms with E-state index in [-0.39, 0.29) is 32.7 Å². The topological polar surface area (TPSA) is 89.2 Å². The zero-order valence-electron chi connectivity index (χ0n) is 18.8. The molecule has 2 heterocycles. The van der Waals surface area contributed by atoms with Gasteiger partial charge < -0.3 is 19.0 Å². The van der Waals surface area contributed by atoms with Crippen LogP contribution in [0.15, 0.2) is 52.7 Å². The molecule has 176 valence electrons. The Morgan fingerprint density at radius 1 is 1.06 bits per heavy atom. The van der Waals surface area contributed by atoms with Crippen molar-refractivity contribution >= 4 is 46.3 Å². The fourth-order valence-electron chi connectivity index (χ4n) is 4.07. The summed E-state index contributed by atoms with van der Waals surface area (Å²) in [7, 11) is 2.74. The summed E-state index contributed by atoms with van der Waals surface area (Å²) >= 11 is 12.7. The number of anilines is 1. The first-order valence-electron chi connectivity index (χ1n) is 10.2. The summed E-state index contributed by atoms with van der Waals surface area (Å²) in [4.78, 5) is 27.9. The van der Waals surface area contributed by atoms with Gasteiger partial charge in [0.05, 0.1) is 36.6 Å². The number of halogens is 2. The number of aliphatic hydroxyl groups is 1. The van der Waals surface area contributed by atoms with Crippen molar-refractivity contribution in [1.82, 2.24) is 0 Å². The first-order valence-corrected chi connectivity index (χ1v) is 11.0. The van der Waals surface area contributed by atoms with E-state index >= 15 is 0 Å². The molecule has 0 spiro atoms. The molecule has 3 aromatic rings. The lowest BCUT2D eigenvalue weighted by molar-refractivity contribution is -0.132. The van der Waals surface area contributed by atoms with Crippen molar-refractivity contribution < 1.29 is 28.6 Å². The van der Waals surface area contributed by atoms with Crippen molar-refractivity contribution in [3.63, 3.8) is 0 Å². The molecule has 1 aliphatic rings. The zero-order chi connectivity index (χ0) is 24.7. The molecule has 34 heavy (non-hydrogen) atoms. The second kappa shape index (κ2) is 9.08. The molecular formula is C25H21Cl2NO6. The number of nitrogens with zero attached hydrogens (tertiary/aromatic N) is 1. The minimum absolute atomic E-state index is 0.0114. The Morgan fingerprint density at radius 2 is 1.76 bits per heavy atom. The van der Waals surface area contributed by atoms with Crippen LogP contribution in [0.3, 0.4) is 0 Å². The quantitative estimate of drug-likeness (QED) is 0.268. The maximum atomic E-state index is 13.3. The molecular weight excluding hydrogens is 481 g/mol. The van der Waals surface area contributed by atoms with E-state index in [0.717, 1.165) is 11.1 Å². The number of methoxy groups -OCH3 is 2. The Hall–Kier alpha value is -3.42. The van der Waals surface area contributed by atoms with Gasteiger partial charge in [-0.2, -0.15) is 0 Å². The van der Waals surface area contributed by atoms with E-state index < -0.39 is 23.5 Å². The van der Waals surface area contributed by atoms with Gasteiger partial charge in [0.2, 0.25) is 0 Å². The maximum Gasteiger partial charge on any atom is 0.300 e. The molecule has 0 radical (unpaired) electrons. The van der Waals surface area contributed by atoms with Crippen LogP contribution in [0.4, 0.5) is 5.69 Å². The molecule has 0 bridgehead atoms. The number of hydrogen-bond donors (Lipinski definition) is 1. The highest BCUT2D eigenvalue weighted by atomic mass is 35.5. The van der Waals surface area contributed by atoms with E-state index in [1.807, 2.05) is 26.0 Å². The smallest absolute Gasteiger partial charge is 0.300 e. The summed E-state index contributed by atoms with van der Waals surface area (Å²) in [6.07, 6.45) is 1.43. The van der Waals surface area contributed by atoms with Gasteiger partial charge in [-0.25, -0.2) is 0 Å². The van der Waals surface area contributed by atoms with Crippen molar-refractivity contribution in [2.24, 2.45) is 0 Å². The van der Waals surface area contributed by atoms with Crippen molar-refractivity contribution in [3.8, 4) is 11.5 Å². The minimum atomic E-state index is -1.03. The average Bonchev–Trinajstić information content (AvgIpc) is 3.42. The van der Waals surface area contributed by atoms with E-state index in [1.54, 1.807) is 18.2 Å². The van der Waals surface area contributed by atoms with Gasteiger partial charge in [0, 0.05) is 5.69 Å². The molecule has 1 fully saturated rings. The number of benzene rings is 2. The summed E-state index contributed by atoms with van der Waals surface area (Å²) in [6.45, 7) is 3.72. The third kappa shape index (κ3) is 3.71. The van der Waals surface area contributed by atoms with E-state index in [0.29, 0.717) is 11.4 Å². The van der Waals surface area contributed by atoms with Gasteiger partial charge in [0.15, 0.2) is 11.5 Å². The maximum absolute atomic E-state index is 13.3. The van der Waals surface area contributed by atoms with Gasteiger partial charge in [0.1, 0.15) is 22.6 Å². The normalized spacial score (nSPS) is 17.4. The van der Waals surface area contributed by atoms with E-state index in [4.69, 9.17) is 37.1 Å². The Bertz CT molecular complexity index is 1330. The molecule has 9 heteroatoms. The molecule has 1 amide bonds. The molecule has 7 nitrogen and oxygen atoms in total. The van der Waals surface area contributed by atoms with Crippen LogP contribution in [0.1, 0.15) is 28.5 Å². The lowest BCUT2D eigenvalue weighted by Crippen LogP contribution is -2.30. The number of aryl methyl sites for hydroxylation is 2. The Kier molecular flexibility index (Phi) is 6.34. The SMILES string of the molecule is COc1c(Cl)cc(/C(O)=C2/C(=O)C(=O)N(c3cc(C)ccc3C)C2c2ccco2)c(OC)c1Cl. The van der Waals surface area contributed by atoms with Gasteiger partial charge in [-0.05, 0) is 49.2 Å². The first-order chi connectivity index (χ1) is 16.2. The predicted octanol–water partition coefficient (Wildman–Crippen LogP) is 5.85. The molecule has 1 atom stereocenters. The minimum Gasteiger partial charge on any atom is -0.507 e. The van der Waals surface area contributed by atoms with E-state index in [9.17, 15) is 14.7 Å². The third-order valence-corrected chi connectivity index (χ3v) is 6.30. The van der Waals surface area contributed by atoms with Crippen LogP contribution in [0.25, 0.3) is 5.76 Å². The highest BCUT2D eigenvalue weighted by Gasteiger charge is 2.49. The molecule has 0 saturated carbocycles. The molecule has 1 saturated heterocycles. The van der Waals surface area contributed by atoms with Gasteiger partial charge in [-0.1, -0.05) is 35.3 Å². The molecule has 1 N–H and O–H groups in total. The van der Waals surface area contributed by atoms with Crippen molar-refractivity contribution in [2.45, 2.75) is 19.9 Å². The molecule has 2 aromatic carbocycles. The van der Waals surface area contributed by atoms with E-state index in [2.05, 4.69) is 0 Å². The number of hydrogen-bond acceptors (Lipinski definition) is 6. The van der Waals surface area contributed by atoms with Gasteiger partial charge in [-0.3, -0.25) is 14.5 Å². The fourth-order valence-corrected chi connectivity index (χ4v) is 4.75. The van der Waals surface area contributed by atoms with Crippen molar-refractivity contribution in [2.75, 3.05) is 19.1 Å². The van der Waals surface area contributed by atoms with Gasteiger partial charge in [0.25, 0.3) is 11.7 Å². The monoisotopic (exact) mass is 501 g/mol. The highest BCUT2D eigenvalue weighted by molar-refractivity contribution is 6.52. The molecule has 4 rings (SSSR count). The van der Waals surface area contributed by atoms with Crippen LogP contribution in [0, 0.1) is 13.8 Å². The number of furan rings is 1. The van der Waals surface area contributed by atoms with Crippen LogP contribution in [0.5, 0.6) is 11.5 Å². The van der Waals surface area contributed by atoms with Crippen LogP contribution < -0.4 is 14.4 Å². The largest absolute Gasteiger partial charge is 0.507 e. The lowest BCUT2D eigenvalue weighted by atomic mass is 9.98. The molecule has 0 aliphatic carbocycles.